The molecule has 1 heterocycles. The van der Waals surface area contributed by atoms with Crippen LogP contribution in [0.15, 0.2) is 90.2 Å². The molecule has 1 aromatic heterocycles. The summed E-state index contributed by atoms with van der Waals surface area (Å²) in [4.78, 5) is 0. The lowest BCUT2D eigenvalue weighted by Crippen LogP contribution is -1.96. The lowest BCUT2D eigenvalue weighted by atomic mass is 10.0. The van der Waals surface area contributed by atoms with Gasteiger partial charge in [-0.3, -0.25) is 5.43 Å². The van der Waals surface area contributed by atoms with Crippen LogP contribution in [0.2, 0.25) is 0 Å². The van der Waals surface area contributed by atoms with Crippen molar-refractivity contribution in [1.29, 1.82) is 0 Å². The van der Waals surface area contributed by atoms with Crippen molar-refractivity contribution < 1.29 is 0 Å². The molecular weight excluding hydrogens is 308 g/mol. The molecule has 0 bridgehead atoms. The van der Waals surface area contributed by atoms with Crippen molar-refractivity contribution in [1.82, 2.24) is 10.2 Å². The third-order valence-corrected chi connectivity index (χ3v) is 3.97. The summed E-state index contributed by atoms with van der Waals surface area (Å²) in [6.45, 7) is 0. The van der Waals surface area contributed by atoms with Crippen molar-refractivity contribution in [2.45, 2.75) is 0 Å². The van der Waals surface area contributed by atoms with Gasteiger partial charge in [0.05, 0.1) is 12.4 Å². The van der Waals surface area contributed by atoms with Gasteiger partial charge in [-0.15, -0.1) is 5.10 Å². The molecular formula is C21H16N4. The van der Waals surface area contributed by atoms with Crippen molar-refractivity contribution >= 4 is 22.8 Å². The van der Waals surface area contributed by atoms with E-state index in [2.05, 4.69) is 45.0 Å². The molecule has 0 saturated carbocycles. The molecule has 0 fully saturated rings. The van der Waals surface area contributed by atoms with Crippen LogP contribution in [-0.4, -0.2) is 16.4 Å². The highest BCUT2D eigenvalue weighted by Gasteiger charge is 2.01. The maximum absolute atomic E-state index is 4.29. The van der Waals surface area contributed by atoms with Crippen molar-refractivity contribution in [3.8, 4) is 11.1 Å². The van der Waals surface area contributed by atoms with Crippen LogP contribution in [0.5, 0.6) is 0 Å². The monoisotopic (exact) mass is 324 g/mol. The Hall–Kier alpha value is -3.53. The third-order valence-electron chi connectivity index (χ3n) is 3.97. The largest absolute Gasteiger partial charge is 0.259 e. The first kappa shape index (κ1) is 15.0. The number of benzene rings is 3. The maximum Gasteiger partial charge on any atom is 0.176 e. The van der Waals surface area contributed by atoms with E-state index < -0.39 is 0 Å². The molecule has 3 aromatic carbocycles. The molecule has 25 heavy (non-hydrogen) atoms. The summed E-state index contributed by atoms with van der Waals surface area (Å²) in [5.74, 6) is 0.648. The van der Waals surface area contributed by atoms with Gasteiger partial charge in [0, 0.05) is 10.8 Å². The van der Waals surface area contributed by atoms with Gasteiger partial charge in [0.25, 0.3) is 0 Å². The SMILES string of the molecule is C(=N\Nc1nncc2ccccc12)/c1ccc(-c2ccccc2)cc1. The standard InChI is InChI=1S/C21H16N4/c1-2-6-17(7-3-1)18-12-10-16(11-13-18)14-22-24-21-20-9-5-4-8-19(20)15-23-25-21/h1-15H,(H,24,25)/b22-14+. The van der Waals surface area contributed by atoms with Gasteiger partial charge in [0.1, 0.15) is 0 Å². The molecule has 0 aliphatic rings. The average Bonchev–Trinajstić information content (AvgIpc) is 2.69. The van der Waals surface area contributed by atoms with E-state index in [-0.39, 0.29) is 0 Å². The summed E-state index contributed by atoms with van der Waals surface area (Å²) in [5.41, 5.74) is 6.38. The number of rotatable bonds is 4. The Morgan fingerprint density at radius 1 is 0.760 bits per heavy atom. The fraction of sp³-hybridized carbons (Fsp3) is 0. The Bertz CT molecular complexity index is 1000. The molecule has 0 spiro atoms. The summed E-state index contributed by atoms with van der Waals surface area (Å²) in [6.07, 6.45) is 3.52. The molecule has 0 aliphatic carbocycles. The lowest BCUT2D eigenvalue weighted by molar-refractivity contribution is 1.04. The summed E-state index contributed by atoms with van der Waals surface area (Å²) < 4.78 is 0. The first-order valence-corrected chi connectivity index (χ1v) is 8.05. The number of nitrogens with zero attached hydrogens (tertiary/aromatic N) is 3. The summed E-state index contributed by atoms with van der Waals surface area (Å²) >= 11 is 0. The number of aromatic nitrogens is 2. The van der Waals surface area contributed by atoms with E-state index in [0.717, 1.165) is 16.3 Å². The quantitative estimate of drug-likeness (QED) is 0.435. The molecule has 4 nitrogen and oxygen atoms in total. The van der Waals surface area contributed by atoms with Crippen LogP contribution < -0.4 is 5.43 Å². The van der Waals surface area contributed by atoms with Gasteiger partial charge in [-0.05, 0) is 16.7 Å². The second-order valence-electron chi connectivity index (χ2n) is 5.64. The molecule has 0 unspecified atom stereocenters. The van der Waals surface area contributed by atoms with Crippen molar-refractivity contribution in [3.63, 3.8) is 0 Å². The second kappa shape index (κ2) is 6.93. The Balaban J connectivity index is 1.50. The van der Waals surface area contributed by atoms with Crippen LogP contribution in [0.3, 0.4) is 0 Å². The molecule has 0 aliphatic heterocycles. The fourth-order valence-corrected chi connectivity index (χ4v) is 2.67. The lowest BCUT2D eigenvalue weighted by Gasteiger charge is -2.03. The normalized spacial score (nSPS) is 11.0. The van der Waals surface area contributed by atoms with Gasteiger partial charge in [-0.2, -0.15) is 10.2 Å². The number of hydrogen-bond acceptors (Lipinski definition) is 4. The molecule has 0 atom stereocenters. The zero-order valence-corrected chi connectivity index (χ0v) is 13.5. The van der Waals surface area contributed by atoms with E-state index in [1.54, 1.807) is 12.4 Å². The summed E-state index contributed by atoms with van der Waals surface area (Å²) in [7, 11) is 0. The number of fused-ring (bicyclic) bond motifs is 1. The van der Waals surface area contributed by atoms with E-state index in [1.807, 2.05) is 54.6 Å². The Kier molecular flexibility index (Phi) is 4.16. The van der Waals surface area contributed by atoms with Crippen molar-refractivity contribution in [2.24, 2.45) is 5.10 Å². The first-order valence-electron chi connectivity index (χ1n) is 8.05. The van der Waals surface area contributed by atoms with Gasteiger partial charge in [-0.25, -0.2) is 0 Å². The zero-order valence-electron chi connectivity index (χ0n) is 13.5. The number of hydrazone groups is 1. The number of hydrogen-bond donors (Lipinski definition) is 1. The van der Waals surface area contributed by atoms with Crippen LogP contribution in [0, 0.1) is 0 Å². The van der Waals surface area contributed by atoms with Crippen LogP contribution in [0.1, 0.15) is 5.56 Å². The van der Waals surface area contributed by atoms with Gasteiger partial charge < -0.3 is 0 Å². The van der Waals surface area contributed by atoms with Gasteiger partial charge >= 0.3 is 0 Å². The molecule has 0 amide bonds. The Morgan fingerprint density at radius 3 is 2.32 bits per heavy atom. The van der Waals surface area contributed by atoms with Crippen LogP contribution in [0.25, 0.3) is 21.9 Å². The molecule has 4 aromatic rings. The van der Waals surface area contributed by atoms with Crippen LogP contribution in [-0.2, 0) is 0 Å². The Morgan fingerprint density at radius 2 is 1.48 bits per heavy atom. The highest BCUT2D eigenvalue weighted by atomic mass is 15.3. The topological polar surface area (TPSA) is 50.2 Å². The minimum atomic E-state index is 0.648. The predicted molar refractivity (Wildman–Crippen MR) is 103 cm³/mol. The van der Waals surface area contributed by atoms with Crippen LogP contribution >= 0.6 is 0 Å². The highest BCUT2D eigenvalue weighted by molar-refractivity contribution is 5.91. The average molecular weight is 324 g/mol. The van der Waals surface area contributed by atoms with Gasteiger partial charge in [0.15, 0.2) is 5.82 Å². The first-order chi connectivity index (χ1) is 12.4. The van der Waals surface area contributed by atoms with E-state index in [4.69, 9.17) is 0 Å². The van der Waals surface area contributed by atoms with Crippen LogP contribution in [0.4, 0.5) is 5.82 Å². The van der Waals surface area contributed by atoms with Crippen molar-refractivity contribution in [3.05, 3.63) is 90.6 Å². The molecule has 120 valence electrons. The van der Waals surface area contributed by atoms with Crippen molar-refractivity contribution in [2.75, 3.05) is 5.43 Å². The zero-order chi connectivity index (χ0) is 16.9. The van der Waals surface area contributed by atoms with E-state index >= 15 is 0 Å². The number of anilines is 1. The fourth-order valence-electron chi connectivity index (χ4n) is 2.67. The summed E-state index contributed by atoms with van der Waals surface area (Å²) in [6, 6.07) is 26.5. The molecule has 4 rings (SSSR count). The van der Waals surface area contributed by atoms with E-state index in [0.29, 0.717) is 5.82 Å². The minimum Gasteiger partial charge on any atom is -0.259 e. The van der Waals surface area contributed by atoms with Gasteiger partial charge in [-0.1, -0.05) is 78.9 Å². The van der Waals surface area contributed by atoms with E-state index in [9.17, 15) is 0 Å². The molecule has 1 N–H and O–H groups in total. The predicted octanol–water partition coefficient (Wildman–Crippen LogP) is 4.74. The highest BCUT2D eigenvalue weighted by Crippen LogP contribution is 2.20. The van der Waals surface area contributed by atoms with E-state index in [1.165, 1.54) is 11.1 Å². The summed E-state index contributed by atoms with van der Waals surface area (Å²) in [5, 5.41) is 14.4. The maximum atomic E-state index is 4.29. The number of nitrogens with one attached hydrogen (secondary N) is 1. The smallest absolute Gasteiger partial charge is 0.176 e. The molecule has 0 radical (unpaired) electrons. The van der Waals surface area contributed by atoms with Gasteiger partial charge in [0.2, 0.25) is 0 Å². The molecule has 0 saturated heterocycles. The Labute approximate surface area is 145 Å². The second-order valence-corrected chi connectivity index (χ2v) is 5.64. The molecule has 4 heteroatoms. The minimum absolute atomic E-state index is 0.648. The third kappa shape index (κ3) is 3.38.